The molecule has 0 atom stereocenters. The van der Waals surface area contributed by atoms with E-state index in [-0.39, 0.29) is 5.91 Å². The Kier molecular flexibility index (Phi) is 3.56. The van der Waals surface area contributed by atoms with E-state index in [0.29, 0.717) is 5.56 Å². The van der Waals surface area contributed by atoms with E-state index in [4.69, 9.17) is 5.73 Å². The van der Waals surface area contributed by atoms with E-state index in [9.17, 15) is 4.79 Å². The number of carbonyl (C=O) groups is 1. The zero-order chi connectivity index (χ0) is 13.2. The Balaban J connectivity index is 1.55. The van der Waals surface area contributed by atoms with Crippen molar-refractivity contribution in [2.24, 2.45) is 23.5 Å². The molecule has 1 aromatic rings. The van der Waals surface area contributed by atoms with Crippen LogP contribution in [0, 0.1) is 17.8 Å². The average Bonchev–Trinajstić information content (AvgIpc) is 3.28. The van der Waals surface area contributed by atoms with Crippen molar-refractivity contribution in [1.29, 1.82) is 0 Å². The van der Waals surface area contributed by atoms with E-state index in [1.54, 1.807) is 6.07 Å². The molecule has 0 bridgehead atoms. The SMILES string of the molecule is NC(=O)c1ccccc1CNCC(C1CC1)C1CC1. The van der Waals surface area contributed by atoms with Crippen LogP contribution in [0.1, 0.15) is 41.6 Å². The van der Waals surface area contributed by atoms with Crippen LogP contribution in [0.3, 0.4) is 0 Å². The molecule has 0 aromatic heterocycles. The lowest BCUT2D eigenvalue weighted by Gasteiger charge is -2.16. The molecule has 0 spiro atoms. The molecule has 3 heteroatoms. The van der Waals surface area contributed by atoms with Crippen molar-refractivity contribution in [3.63, 3.8) is 0 Å². The molecule has 0 aliphatic heterocycles. The van der Waals surface area contributed by atoms with E-state index >= 15 is 0 Å². The maximum atomic E-state index is 11.3. The molecular weight excluding hydrogens is 236 g/mol. The standard InChI is InChI=1S/C16H22N2O/c17-16(19)14-4-2-1-3-13(14)9-18-10-15(11-5-6-11)12-7-8-12/h1-4,11-12,15,18H,5-10H2,(H2,17,19). The van der Waals surface area contributed by atoms with E-state index < -0.39 is 0 Å². The van der Waals surface area contributed by atoms with Gasteiger partial charge in [-0.25, -0.2) is 0 Å². The molecular formula is C16H22N2O. The molecule has 2 aliphatic carbocycles. The van der Waals surface area contributed by atoms with Gasteiger partial charge >= 0.3 is 0 Å². The summed E-state index contributed by atoms with van der Waals surface area (Å²) >= 11 is 0. The van der Waals surface area contributed by atoms with E-state index in [1.165, 1.54) is 25.7 Å². The predicted molar refractivity (Wildman–Crippen MR) is 75.6 cm³/mol. The Hall–Kier alpha value is -1.35. The molecule has 2 aliphatic rings. The van der Waals surface area contributed by atoms with Crippen LogP contribution in [0.4, 0.5) is 0 Å². The van der Waals surface area contributed by atoms with Crippen molar-refractivity contribution in [3.8, 4) is 0 Å². The van der Waals surface area contributed by atoms with E-state index in [1.807, 2.05) is 18.2 Å². The number of nitrogens with one attached hydrogen (secondary N) is 1. The minimum Gasteiger partial charge on any atom is -0.366 e. The molecule has 1 amide bonds. The van der Waals surface area contributed by atoms with Gasteiger partial charge in [-0.1, -0.05) is 18.2 Å². The van der Waals surface area contributed by atoms with Crippen LogP contribution in [-0.4, -0.2) is 12.5 Å². The highest BCUT2D eigenvalue weighted by Gasteiger charge is 2.40. The lowest BCUT2D eigenvalue weighted by molar-refractivity contribution is 0.0999. The molecule has 3 rings (SSSR count). The molecule has 0 heterocycles. The van der Waals surface area contributed by atoms with Gasteiger partial charge in [0.2, 0.25) is 5.91 Å². The highest BCUT2D eigenvalue weighted by molar-refractivity contribution is 5.94. The summed E-state index contributed by atoms with van der Waals surface area (Å²) in [5.74, 6) is 2.46. The van der Waals surface area contributed by atoms with Crippen LogP contribution >= 0.6 is 0 Å². The summed E-state index contributed by atoms with van der Waals surface area (Å²) in [6.45, 7) is 1.83. The van der Waals surface area contributed by atoms with Crippen LogP contribution in [0.2, 0.25) is 0 Å². The zero-order valence-corrected chi connectivity index (χ0v) is 11.3. The fraction of sp³-hybridized carbons (Fsp3) is 0.562. The maximum Gasteiger partial charge on any atom is 0.249 e. The number of amides is 1. The molecule has 19 heavy (non-hydrogen) atoms. The fourth-order valence-electron chi connectivity index (χ4n) is 3.06. The van der Waals surface area contributed by atoms with Crippen molar-refractivity contribution in [2.75, 3.05) is 6.54 Å². The summed E-state index contributed by atoms with van der Waals surface area (Å²) < 4.78 is 0. The summed E-state index contributed by atoms with van der Waals surface area (Å²) in [5, 5.41) is 3.53. The molecule has 3 N–H and O–H groups in total. The number of rotatable bonds is 7. The summed E-state index contributed by atoms with van der Waals surface area (Å²) in [7, 11) is 0. The molecule has 3 nitrogen and oxygen atoms in total. The molecule has 102 valence electrons. The summed E-state index contributed by atoms with van der Waals surface area (Å²) in [4.78, 5) is 11.3. The van der Waals surface area contributed by atoms with Crippen LogP contribution < -0.4 is 11.1 Å². The Morgan fingerprint density at radius 1 is 1.21 bits per heavy atom. The second-order valence-corrected chi connectivity index (χ2v) is 5.99. The number of nitrogens with two attached hydrogens (primary N) is 1. The fourth-order valence-corrected chi connectivity index (χ4v) is 3.06. The Labute approximate surface area is 114 Å². The van der Waals surface area contributed by atoms with E-state index in [2.05, 4.69) is 5.32 Å². The van der Waals surface area contributed by atoms with Crippen molar-refractivity contribution in [3.05, 3.63) is 35.4 Å². The van der Waals surface area contributed by atoms with Gasteiger partial charge < -0.3 is 11.1 Å². The first-order valence-electron chi connectivity index (χ1n) is 7.34. The largest absolute Gasteiger partial charge is 0.366 e. The van der Waals surface area contributed by atoms with Crippen LogP contribution in [0.15, 0.2) is 24.3 Å². The van der Waals surface area contributed by atoms with Crippen molar-refractivity contribution < 1.29 is 4.79 Å². The molecule has 2 saturated carbocycles. The summed E-state index contributed by atoms with van der Waals surface area (Å²) in [5.41, 5.74) is 7.05. The smallest absolute Gasteiger partial charge is 0.249 e. The second-order valence-electron chi connectivity index (χ2n) is 5.99. The molecule has 2 fully saturated rings. The molecule has 1 aromatic carbocycles. The van der Waals surface area contributed by atoms with Gasteiger partial charge in [0.15, 0.2) is 0 Å². The Bertz CT molecular complexity index is 452. The van der Waals surface area contributed by atoms with Crippen LogP contribution in [0.25, 0.3) is 0 Å². The third kappa shape index (κ3) is 3.16. The highest BCUT2D eigenvalue weighted by atomic mass is 16.1. The highest BCUT2D eigenvalue weighted by Crippen LogP contribution is 2.48. The first-order valence-corrected chi connectivity index (χ1v) is 7.34. The van der Waals surface area contributed by atoms with Crippen LogP contribution in [-0.2, 0) is 6.54 Å². The van der Waals surface area contributed by atoms with Gasteiger partial charge in [-0.2, -0.15) is 0 Å². The van der Waals surface area contributed by atoms with Crippen molar-refractivity contribution >= 4 is 5.91 Å². The van der Waals surface area contributed by atoms with E-state index in [0.717, 1.165) is 36.4 Å². The monoisotopic (exact) mass is 258 g/mol. The second kappa shape index (κ2) is 5.33. The minimum absolute atomic E-state index is 0.335. The number of hydrogen-bond donors (Lipinski definition) is 2. The molecule has 0 unspecified atom stereocenters. The number of carbonyl (C=O) groups excluding carboxylic acids is 1. The number of primary amides is 1. The lowest BCUT2D eigenvalue weighted by atomic mass is 9.97. The molecule has 0 radical (unpaired) electrons. The summed E-state index contributed by atoms with van der Waals surface area (Å²) in [6.07, 6.45) is 5.67. The van der Waals surface area contributed by atoms with Crippen LogP contribution in [0.5, 0.6) is 0 Å². The van der Waals surface area contributed by atoms with Crippen molar-refractivity contribution in [2.45, 2.75) is 32.2 Å². The summed E-state index contributed by atoms with van der Waals surface area (Å²) in [6, 6.07) is 7.61. The van der Waals surface area contributed by atoms with Gasteiger partial charge in [0.25, 0.3) is 0 Å². The third-order valence-corrected chi connectivity index (χ3v) is 4.43. The Morgan fingerprint density at radius 3 is 2.42 bits per heavy atom. The van der Waals surface area contributed by atoms with Gasteiger partial charge in [0.05, 0.1) is 0 Å². The van der Waals surface area contributed by atoms with Gasteiger partial charge in [-0.3, -0.25) is 4.79 Å². The Morgan fingerprint density at radius 2 is 1.84 bits per heavy atom. The predicted octanol–water partition coefficient (Wildman–Crippen LogP) is 2.31. The lowest BCUT2D eigenvalue weighted by Crippen LogP contribution is -2.26. The quantitative estimate of drug-likeness (QED) is 0.788. The average molecular weight is 258 g/mol. The number of benzene rings is 1. The minimum atomic E-state index is -0.335. The zero-order valence-electron chi connectivity index (χ0n) is 11.3. The first kappa shape index (κ1) is 12.7. The third-order valence-electron chi connectivity index (χ3n) is 4.43. The van der Waals surface area contributed by atoms with Crippen molar-refractivity contribution in [1.82, 2.24) is 5.32 Å². The normalized spacial score (nSPS) is 18.8. The topological polar surface area (TPSA) is 55.1 Å². The number of hydrogen-bond acceptors (Lipinski definition) is 2. The van der Waals surface area contributed by atoms with Gasteiger partial charge in [0, 0.05) is 12.1 Å². The molecule has 0 saturated heterocycles. The van der Waals surface area contributed by atoms with Gasteiger partial charge in [-0.15, -0.1) is 0 Å². The maximum absolute atomic E-state index is 11.3. The first-order chi connectivity index (χ1) is 9.25. The van der Waals surface area contributed by atoms with Gasteiger partial charge in [-0.05, 0) is 61.6 Å². The van der Waals surface area contributed by atoms with Gasteiger partial charge in [0.1, 0.15) is 0 Å².